The molecule has 1 aromatic rings. The van der Waals surface area contributed by atoms with Crippen LogP contribution in [0.25, 0.3) is 0 Å². The summed E-state index contributed by atoms with van der Waals surface area (Å²) in [6.07, 6.45) is 6.28. The highest BCUT2D eigenvalue weighted by molar-refractivity contribution is 6.30. The van der Waals surface area contributed by atoms with Crippen molar-refractivity contribution in [1.82, 2.24) is 5.32 Å². The average Bonchev–Trinajstić information content (AvgIpc) is 2.52. The molecule has 0 bridgehead atoms. The first kappa shape index (κ1) is 16.7. The van der Waals surface area contributed by atoms with Crippen molar-refractivity contribution >= 4 is 11.6 Å². The molecule has 1 saturated carbocycles. The zero-order valence-electron chi connectivity index (χ0n) is 12.9. The van der Waals surface area contributed by atoms with E-state index < -0.39 is 0 Å². The second-order valence-electron chi connectivity index (χ2n) is 5.86. The molecule has 2 rings (SSSR count). The summed E-state index contributed by atoms with van der Waals surface area (Å²) in [6, 6.07) is 5.33. The number of likely N-dealkylation sites (N-methyl/N-ethyl adjacent to an activating group) is 1. The minimum absolute atomic E-state index is 0.112. The van der Waals surface area contributed by atoms with Gasteiger partial charge in [0, 0.05) is 13.2 Å². The first-order valence-corrected chi connectivity index (χ1v) is 8.22. The average molecular weight is 314 g/mol. The molecular weight excluding hydrogens is 289 g/mol. The standard InChI is InChI=1S/C17H25ClFNO/c1-3-20-15(17(21-2)10-5-4-6-11-17)12-13-8-7-9-14(18)16(13)19/h7-9,15,20H,3-6,10-12H2,1-2H3. The molecule has 1 unspecified atom stereocenters. The van der Waals surface area contributed by atoms with Gasteiger partial charge in [0.15, 0.2) is 0 Å². The Kier molecular flexibility index (Phi) is 6.03. The third kappa shape index (κ3) is 3.77. The summed E-state index contributed by atoms with van der Waals surface area (Å²) in [7, 11) is 1.78. The Bertz CT molecular complexity index is 460. The maximum Gasteiger partial charge on any atom is 0.145 e. The van der Waals surface area contributed by atoms with Crippen LogP contribution >= 0.6 is 11.6 Å². The molecule has 1 aromatic carbocycles. The summed E-state index contributed by atoms with van der Waals surface area (Å²) >= 11 is 5.90. The number of hydrogen-bond donors (Lipinski definition) is 1. The maximum absolute atomic E-state index is 14.2. The van der Waals surface area contributed by atoms with E-state index >= 15 is 0 Å². The fourth-order valence-electron chi connectivity index (χ4n) is 3.46. The Labute approximate surface area is 132 Å². The Hall–Kier alpha value is -0.640. The van der Waals surface area contributed by atoms with Crippen molar-refractivity contribution in [2.45, 2.75) is 57.1 Å². The van der Waals surface area contributed by atoms with Crippen LogP contribution in [0.3, 0.4) is 0 Å². The molecular formula is C17H25ClFNO. The molecule has 0 amide bonds. The monoisotopic (exact) mass is 313 g/mol. The van der Waals surface area contributed by atoms with E-state index in [-0.39, 0.29) is 22.5 Å². The van der Waals surface area contributed by atoms with Crippen molar-refractivity contribution in [2.75, 3.05) is 13.7 Å². The van der Waals surface area contributed by atoms with Gasteiger partial charge in [-0.1, -0.05) is 49.9 Å². The molecule has 0 heterocycles. The number of hydrogen-bond acceptors (Lipinski definition) is 2. The first-order chi connectivity index (χ1) is 10.1. The highest BCUT2D eigenvalue weighted by atomic mass is 35.5. The fraction of sp³-hybridized carbons (Fsp3) is 0.647. The number of benzene rings is 1. The topological polar surface area (TPSA) is 21.3 Å². The zero-order chi connectivity index (χ0) is 15.3. The Morgan fingerprint density at radius 3 is 2.67 bits per heavy atom. The number of ether oxygens (including phenoxy) is 1. The van der Waals surface area contributed by atoms with Gasteiger partial charge in [-0.3, -0.25) is 0 Å². The molecule has 1 atom stereocenters. The lowest BCUT2D eigenvalue weighted by Crippen LogP contribution is -2.54. The van der Waals surface area contributed by atoms with Gasteiger partial charge in [0.25, 0.3) is 0 Å². The molecule has 0 radical (unpaired) electrons. The highest BCUT2D eigenvalue weighted by Gasteiger charge is 2.39. The lowest BCUT2D eigenvalue weighted by atomic mass is 9.77. The lowest BCUT2D eigenvalue weighted by molar-refractivity contribution is -0.0671. The van der Waals surface area contributed by atoms with Gasteiger partial charge in [-0.2, -0.15) is 0 Å². The van der Waals surface area contributed by atoms with Crippen molar-refractivity contribution in [1.29, 1.82) is 0 Å². The number of methoxy groups -OCH3 is 1. The van der Waals surface area contributed by atoms with Crippen molar-refractivity contribution in [3.8, 4) is 0 Å². The van der Waals surface area contributed by atoms with Crippen LogP contribution in [0.2, 0.25) is 5.02 Å². The quantitative estimate of drug-likeness (QED) is 0.843. The summed E-state index contributed by atoms with van der Waals surface area (Å²) in [6.45, 7) is 2.92. The van der Waals surface area contributed by atoms with Gasteiger partial charge in [-0.15, -0.1) is 0 Å². The van der Waals surface area contributed by atoms with Crippen LogP contribution in [0, 0.1) is 5.82 Å². The zero-order valence-corrected chi connectivity index (χ0v) is 13.7. The predicted octanol–water partition coefficient (Wildman–Crippen LogP) is 4.35. The molecule has 0 aromatic heterocycles. The third-order valence-corrected chi connectivity index (χ3v) is 4.94. The van der Waals surface area contributed by atoms with E-state index in [4.69, 9.17) is 16.3 Å². The van der Waals surface area contributed by atoms with Crippen molar-refractivity contribution in [2.24, 2.45) is 0 Å². The van der Waals surface area contributed by atoms with Crippen LogP contribution in [-0.4, -0.2) is 25.3 Å². The Morgan fingerprint density at radius 1 is 1.33 bits per heavy atom. The molecule has 1 aliphatic carbocycles. The molecule has 21 heavy (non-hydrogen) atoms. The summed E-state index contributed by atoms with van der Waals surface area (Å²) in [4.78, 5) is 0. The van der Waals surface area contributed by atoms with Crippen LogP contribution in [0.1, 0.15) is 44.6 Å². The summed E-state index contributed by atoms with van der Waals surface area (Å²) < 4.78 is 20.1. The van der Waals surface area contributed by atoms with E-state index in [9.17, 15) is 4.39 Å². The predicted molar refractivity (Wildman–Crippen MR) is 85.4 cm³/mol. The van der Waals surface area contributed by atoms with Crippen molar-refractivity contribution in [3.63, 3.8) is 0 Å². The van der Waals surface area contributed by atoms with Crippen molar-refractivity contribution in [3.05, 3.63) is 34.6 Å². The molecule has 118 valence electrons. The highest BCUT2D eigenvalue weighted by Crippen LogP contribution is 2.36. The molecule has 0 saturated heterocycles. The number of rotatable bonds is 6. The SMILES string of the molecule is CCNC(Cc1cccc(Cl)c1F)C1(OC)CCCCC1. The van der Waals surface area contributed by atoms with E-state index in [0.717, 1.165) is 19.4 Å². The molecule has 1 N–H and O–H groups in total. The van der Waals surface area contributed by atoms with E-state index in [0.29, 0.717) is 12.0 Å². The fourth-order valence-corrected chi connectivity index (χ4v) is 3.66. The molecule has 2 nitrogen and oxygen atoms in total. The van der Waals surface area contributed by atoms with Crippen LogP contribution < -0.4 is 5.32 Å². The second kappa shape index (κ2) is 7.57. The minimum atomic E-state index is -0.302. The third-order valence-electron chi connectivity index (χ3n) is 4.65. The Morgan fingerprint density at radius 2 is 2.05 bits per heavy atom. The van der Waals surface area contributed by atoms with Crippen LogP contribution in [0.4, 0.5) is 4.39 Å². The molecule has 4 heteroatoms. The molecule has 0 aliphatic heterocycles. The van der Waals surface area contributed by atoms with E-state index in [2.05, 4.69) is 12.2 Å². The van der Waals surface area contributed by atoms with Crippen molar-refractivity contribution < 1.29 is 9.13 Å². The second-order valence-corrected chi connectivity index (χ2v) is 6.26. The van der Waals surface area contributed by atoms with E-state index in [1.807, 2.05) is 12.1 Å². The van der Waals surface area contributed by atoms with Gasteiger partial charge >= 0.3 is 0 Å². The van der Waals surface area contributed by atoms with E-state index in [1.54, 1.807) is 13.2 Å². The maximum atomic E-state index is 14.2. The molecule has 1 aliphatic rings. The number of nitrogens with one attached hydrogen (secondary N) is 1. The summed E-state index contributed by atoms with van der Waals surface area (Å²) in [5, 5.41) is 3.70. The summed E-state index contributed by atoms with van der Waals surface area (Å²) in [5.41, 5.74) is 0.471. The van der Waals surface area contributed by atoms with Gasteiger partial charge in [0.05, 0.1) is 10.6 Å². The van der Waals surface area contributed by atoms with E-state index in [1.165, 1.54) is 19.3 Å². The van der Waals surface area contributed by atoms with Crippen LogP contribution in [0.5, 0.6) is 0 Å². The lowest BCUT2D eigenvalue weighted by Gasteiger charge is -2.43. The van der Waals surface area contributed by atoms with Gasteiger partial charge in [0.2, 0.25) is 0 Å². The van der Waals surface area contributed by atoms with Gasteiger partial charge in [-0.05, 0) is 37.4 Å². The van der Waals surface area contributed by atoms with Gasteiger partial charge < -0.3 is 10.1 Å². The molecule has 1 fully saturated rings. The summed E-state index contributed by atoms with van der Waals surface area (Å²) in [5.74, 6) is -0.302. The first-order valence-electron chi connectivity index (χ1n) is 7.84. The normalized spacial score (nSPS) is 19.4. The minimum Gasteiger partial charge on any atom is -0.377 e. The smallest absolute Gasteiger partial charge is 0.145 e. The van der Waals surface area contributed by atoms with Gasteiger partial charge in [0.1, 0.15) is 5.82 Å². The Balaban J connectivity index is 2.23. The van der Waals surface area contributed by atoms with Gasteiger partial charge in [-0.25, -0.2) is 4.39 Å². The van der Waals surface area contributed by atoms with Crippen LogP contribution in [-0.2, 0) is 11.2 Å². The van der Waals surface area contributed by atoms with Crippen LogP contribution in [0.15, 0.2) is 18.2 Å². The number of halogens is 2. The molecule has 0 spiro atoms. The largest absolute Gasteiger partial charge is 0.377 e.